The van der Waals surface area contributed by atoms with Crippen LogP contribution in [0.15, 0.2) is 102 Å². The summed E-state index contributed by atoms with van der Waals surface area (Å²) in [5, 5.41) is 31.1. The first-order valence-corrected chi connectivity index (χ1v) is 36.3. The van der Waals surface area contributed by atoms with Crippen LogP contribution in [0.1, 0.15) is 148 Å². The maximum atomic E-state index is 15.5. The van der Waals surface area contributed by atoms with Crippen LogP contribution in [0.5, 0.6) is 0 Å². The third kappa shape index (κ3) is 16.6. The van der Waals surface area contributed by atoms with Gasteiger partial charge in [0.15, 0.2) is 5.60 Å². The molecule has 1 spiro atoms. The number of ether oxygens (including phenoxy) is 2. The third-order valence-electron chi connectivity index (χ3n) is 21.8. The van der Waals surface area contributed by atoms with Crippen molar-refractivity contribution < 1.29 is 66.9 Å². The number of halogens is 1. The van der Waals surface area contributed by atoms with Crippen molar-refractivity contribution in [2.24, 2.45) is 17.3 Å². The van der Waals surface area contributed by atoms with E-state index in [2.05, 4.69) is 48.2 Å². The highest BCUT2D eigenvalue weighted by Gasteiger charge is 2.48. The van der Waals surface area contributed by atoms with E-state index in [0.717, 1.165) is 88.6 Å². The topological polar surface area (TPSA) is 316 Å². The van der Waals surface area contributed by atoms with Gasteiger partial charge in [-0.3, -0.25) is 43.2 Å². The minimum atomic E-state index is -1.83. The molecule has 4 aromatic carbocycles. The summed E-state index contributed by atoms with van der Waals surface area (Å²) in [5.41, 5.74) is 8.58. The number of benzene rings is 4. The van der Waals surface area contributed by atoms with Crippen LogP contribution in [0.25, 0.3) is 28.8 Å². The summed E-state index contributed by atoms with van der Waals surface area (Å²) in [7, 11) is 0. The zero-order valence-corrected chi connectivity index (χ0v) is 59.4. The number of nitrogens with one attached hydrogen (secondary N) is 7. The summed E-state index contributed by atoms with van der Waals surface area (Å²) < 4.78 is 26.8. The van der Waals surface area contributed by atoms with Crippen molar-refractivity contribution in [3.8, 4) is 0 Å². The van der Waals surface area contributed by atoms with Gasteiger partial charge in [-0.15, -0.1) is 0 Å². The Morgan fingerprint density at radius 2 is 1.43 bits per heavy atom. The number of esters is 1. The van der Waals surface area contributed by atoms with Crippen molar-refractivity contribution in [3.05, 3.63) is 158 Å². The zero-order valence-electron chi connectivity index (χ0n) is 59.4. The van der Waals surface area contributed by atoms with Gasteiger partial charge >= 0.3 is 5.97 Å². The van der Waals surface area contributed by atoms with Crippen LogP contribution < -0.4 is 42.1 Å². The molecule has 12 rings (SSSR count). The monoisotopic (exact) mass is 1420 g/mol. The molecule has 2 aliphatic carbocycles. The van der Waals surface area contributed by atoms with E-state index in [0.29, 0.717) is 85.6 Å². The SMILES string of the molecule is CCC1(O)C(=O)OCC2=C1C=C1c3nc4cc(F)c(C)c5c4c(c3CN1C2)C(NC(=O)CNC(=O)CNC(=O)C(Cc1ccccc1)NC(=O)CNC(=O)CNC(=O)CC(C)OCCC(C)C(=O)N1CCC2(CCC(C(=O)NCCC(=O)N3Cc4ccccc4/C=C\c4ccccc43)CC2)CC1)CC5. The van der Waals surface area contributed by atoms with Crippen LogP contribution in [-0.4, -0.2) is 162 Å². The van der Waals surface area contributed by atoms with E-state index in [9.17, 15) is 53.1 Å². The Morgan fingerprint density at radius 1 is 0.760 bits per heavy atom. The first kappa shape index (κ1) is 73.6. The molecule has 1 aromatic heterocycles. The second-order valence-electron chi connectivity index (χ2n) is 28.7. The van der Waals surface area contributed by atoms with Crippen molar-refractivity contribution in [1.29, 1.82) is 0 Å². The lowest BCUT2D eigenvalue weighted by atomic mass is 9.65. The maximum absolute atomic E-state index is 15.5. The summed E-state index contributed by atoms with van der Waals surface area (Å²) in [5.74, 6) is -5.37. The molecule has 5 atom stereocenters. The predicted octanol–water partition coefficient (Wildman–Crippen LogP) is 5.99. The molecule has 0 bridgehead atoms. The Hall–Kier alpha value is -10.1. The molecule has 7 aliphatic rings. The lowest BCUT2D eigenvalue weighted by Gasteiger charge is -2.46. The van der Waals surface area contributed by atoms with Crippen LogP contribution in [0.3, 0.4) is 0 Å². The average molecular weight is 1420 g/mol. The fraction of sp³-hybridized carbons (Fsp3) is 0.456. The van der Waals surface area contributed by atoms with E-state index in [1.165, 1.54) is 6.07 Å². The molecule has 5 aliphatic heterocycles. The lowest BCUT2D eigenvalue weighted by molar-refractivity contribution is -0.163. The Bertz CT molecular complexity index is 4290. The molecule has 104 heavy (non-hydrogen) atoms. The highest BCUT2D eigenvalue weighted by Crippen LogP contribution is 2.49. The number of amides is 9. The average Bonchev–Trinajstić information content (AvgIpc) is 1.49. The number of nitrogens with zero attached hydrogens (tertiary/aromatic N) is 4. The standard InChI is InChI=1S/C79H92FN11O13/c1-5-79(102)58-37-64-73-57(45-90(64)43-55(58)46-104-77(79)101)72-60(22-21-56-49(4)59(80)38-61(88-73)71(56)72)86-68(95)41-84-67(94)40-85-75(99)62(36-50-13-7-6-8-14-50)87-69(96)42-83-66(93)39-82-65(92)35-48(3)103-34-26-47(2)76(100)89-32-29-78(30-33-89)27-23-53(24-28-78)74(98)81-31-25-70(97)91-44-54-17-10-9-15-51(54)19-20-52-16-11-12-18-63(52)91/h6-20,37-38,47-48,53,60,62,102H,5,21-36,39-46H2,1-4H3,(H,81,98)(H,82,92)(H,83,93)(H,84,94)(H,85,99)(H,86,95)(H,87,96)/b20-19-. The van der Waals surface area contributed by atoms with Crippen LogP contribution in [0.2, 0.25) is 0 Å². The number of aliphatic hydroxyl groups is 1. The second-order valence-corrected chi connectivity index (χ2v) is 28.7. The zero-order chi connectivity index (χ0) is 73.4. The number of hydrogen-bond acceptors (Lipinski definition) is 15. The summed E-state index contributed by atoms with van der Waals surface area (Å²) in [6.07, 6.45) is 12.0. The molecule has 9 amide bonds. The van der Waals surface area contributed by atoms with E-state index >= 15 is 4.39 Å². The highest BCUT2D eigenvalue weighted by molar-refractivity contribution is 5.99. The molecule has 0 radical (unpaired) electrons. The highest BCUT2D eigenvalue weighted by atomic mass is 19.1. The van der Waals surface area contributed by atoms with Gasteiger partial charge in [-0.05, 0) is 140 Å². The number of aryl methyl sites for hydroxylation is 1. The van der Waals surface area contributed by atoms with Crippen LogP contribution in [0, 0.1) is 30.0 Å². The molecule has 548 valence electrons. The quantitative estimate of drug-likeness (QED) is 0.0311. The van der Waals surface area contributed by atoms with Gasteiger partial charge in [-0.25, -0.2) is 14.2 Å². The number of likely N-dealkylation sites (tertiary alicyclic amines) is 1. The fourth-order valence-corrected chi connectivity index (χ4v) is 15.7. The molecule has 5 unspecified atom stereocenters. The summed E-state index contributed by atoms with van der Waals surface area (Å²) in [6, 6.07) is 24.4. The van der Waals surface area contributed by atoms with Crippen LogP contribution in [0.4, 0.5) is 10.1 Å². The first-order valence-electron chi connectivity index (χ1n) is 36.3. The van der Waals surface area contributed by atoms with Gasteiger partial charge in [0.05, 0.1) is 73.9 Å². The number of fused-ring (bicyclic) bond motifs is 6. The van der Waals surface area contributed by atoms with Crippen molar-refractivity contribution in [1.82, 2.24) is 52.0 Å². The van der Waals surface area contributed by atoms with E-state index in [4.69, 9.17) is 14.5 Å². The molecule has 25 heteroatoms. The number of para-hydroxylation sites is 1. The Kier molecular flexibility index (Phi) is 22.8. The molecule has 2 fully saturated rings. The minimum absolute atomic E-state index is 0.0118. The number of piperidine rings is 1. The summed E-state index contributed by atoms with van der Waals surface area (Å²) >= 11 is 0. The first-order chi connectivity index (χ1) is 50.1. The van der Waals surface area contributed by atoms with Crippen molar-refractivity contribution in [2.75, 3.05) is 70.5 Å². The third-order valence-corrected chi connectivity index (χ3v) is 21.8. The number of rotatable bonds is 25. The smallest absolute Gasteiger partial charge is 0.343 e. The summed E-state index contributed by atoms with van der Waals surface area (Å²) in [4.78, 5) is 144. The molecular formula is C79H92FN11O13. The Balaban J connectivity index is 0.530. The van der Waals surface area contributed by atoms with Crippen LogP contribution in [-0.2, 0) is 83.4 Å². The lowest BCUT2D eigenvalue weighted by Crippen LogP contribution is -2.52. The van der Waals surface area contributed by atoms with E-state index in [-0.39, 0.29) is 80.4 Å². The summed E-state index contributed by atoms with van der Waals surface area (Å²) in [6.45, 7) is 8.03. The number of carbonyl (C=O) groups excluding carboxylic acids is 10. The molecule has 6 heterocycles. The van der Waals surface area contributed by atoms with E-state index < -0.39 is 97.2 Å². The Morgan fingerprint density at radius 3 is 2.18 bits per heavy atom. The van der Waals surface area contributed by atoms with Crippen molar-refractivity contribution in [3.63, 3.8) is 0 Å². The molecule has 24 nitrogen and oxygen atoms in total. The van der Waals surface area contributed by atoms with Gasteiger partial charge < -0.3 is 66.5 Å². The number of cyclic esters (lactones) is 1. The number of anilines is 1. The maximum Gasteiger partial charge on any atom is 0.343 e. The molecule has 5 aromatic rings. The van der Waals surface area contributed by atoms with Gasteiger partial charge in [0, 0.05) is 86.6 Å². The second kappa shape index (κ2) is 32.3. The normalized spacial score (nSPS) is 19.7. The number of hydrogen-bond donors (Lipinski definition) is 8. The van der Waals surface area contributed by atoms with Gasteiger partial charge in [0.25, 0.3) is 0 Å². The number of aromatic nitrogens is 1. The van der Waals surface area contributed by atoms with Gasteiger partial charge in [-0.1, -0.05) is 98.8 Å². The number of pyridine rings is 1. The fourth-order valence-electron chi connectivity index (χ4n) is 15.7. The van der Waals surface area contributed by atoms with E-state index in [1.807, 2.05) is 71.3 Å². The molecule has 1 saturated heterocycles. The van der Waals surface area contributed by atoms with E-state index in [1.54, 1.807) is 57.2 Å². The van der Waals surface area contributed by atoms with Gasteiger partial charge in [0.2, 0.25) is 53.2 Å². The minimum Gasteiger partial charge on any atom is -0.459 e. The largest absolute Gasteiger partial charge is 0.459 e. The predicted molar refractivity (Wildman–Crippen MR) is 386 cm³/mol. The van der Waals surface area contributed by atoms with Crippen LogP contribution >= 0.6 is 0 Å². The molecule has 8 N–H and O–H groups in total. The number of carbonyl (C=O) groups is 10. The van der Waals surface area contributed by atoms with Crippen molar-refractivity contribution in [2.45, 2.75) is 148 Å². The Labute approximate surface area is 603 Å². The van der Waals surface area contributed by atoms with Crippen molar-refractivity contribution >= 4 is 93.6 Å². The van der Waals surface area contributed by atoms with Gasteiger partial charge in [0.1, 0.15) is 18.5 Å². The molecule has 1 saturated carbocycles. The van der Waals surface area contributed by atoms with Gasteiger partial charge in [-0.2, -0.15) is 0 Å². The molecular weight excluding hydrogens is 1330 g/mol.